The minimum atomic E-state index is -1.95. The molecule has 5 rings (SSSR count). The molecule has 2 aromatic heterocycles. The molecule has 0 spiro atoms. The van der Waals surface area contributed by atoms with Gasteiger partial charge in [0.2, 0.25) is 0 Å². The second-order valence-electron chi connectivity index (χ2n) is 8.18. The summed E-state index contributed by atoms with van der Waals surface area (Å²) in [5.41, 5.74) is 4.61. The molecule has 9 nitrogen and oxygen atoms in total. The zero-order valence-electron chi connectivity index (χ0n) is 19.1. The molecule has 0 saturated carbocycles. The summed E-state index contributed by atoms with van der Waals surface area (Å²) >= 11 is 0. The summed E-state index contributed by atoms with van der Waals surface area (Å²) in [4.78, 5) is 30.6. The van der Waals surface area contributed by atoms with E-state index in [1.165, 1.54) is 0 Å². The first-order valence-corrected chi connectivity index (χ1v) is 12.5. The third-order valence-electron chi connectivity index (χ3n) is 6.04. The Hall–Kier alpha value is -2.97. The summed E-state index contributed by atoms with van der Waals surface area (Å²) in [5.74, 6) is 2.11. The fraction of sp³-hybridized carbons (Fsp3) is 0.333. The van der Waals surface area contributed by atoms with Crippen molar-refractivity contribution < 1.29 is 24.0 Å². The number of benzene rings is 2. The van der Waals surface area contributed by atoms with E-state index in [4.69, 9.17) is 24.2 Å². The lowest BCUT2D eigenvalue weighted by Crippen LogP contribution is -2.37. The summed E-state index contributed by atoms with van der Waals surface area (Å²) in [6, 6.07) is 11.8. The van der Waals surface area contributed by atoms with Gasteiger partial charge in [0.15, 0.2) is 25.7 Å². The molecular formula is C24H27N4O5P. The number of hydrogen-bond acceptors (Lipinski definition) is 8. The molecule has 0 unspecified atom stereocenters. The Morgan fingerprint density at radius 2 is 1.68 bits per heavy atom. The number of fused-ring (bicyclic) bond motifs is 3. The van der Waals surface area contributed by atoms with E-state index in [1.54, 1.807) is 14.2 Å². The highest BCUT2D eigenvalue weighted by Crippen LogP contribution is 2.38. The van der Waals surface area contributed by atoms with Crippen LogP contribution in [0.4, 0.5) is 5.82 Å². The maximum Gasteiger partial charge on any atom is 0.169 e. The minimum Gasteiger partial charge on any atom is -0.493 e. The van der Waals surface area contributed by atoms with Gasteiger partial charge in [0.25, 0.3) is 0 Å². The van der Waals surface area contributed by atoms with Crippen LogP contribution in [0.25, 0.3) is 21.9 Å². The SMILES string of the molecule is COc1cc2nc(N3CCOCC3)c3ncn(Cc4ccc(CP(O)O)cc4)c3c2cc1OC. The van der Waals surface area contributed by atoms with Crippen molar-refractivity contribution in [2.45, 2.75) is 12.7 Å². The van der Waals surface area contributed by atoms with Crippen molar-refractivity contribution in [3.8, 4) is 11.5 Å². The van der Waals surface area contributed by atoms with E-state index < -0.39 is 8.38 Å². The highest BCUT2D eigenvalue weighted by molar-refractivity contribution is 7.44. The predicted octanol–water partition coefficient (Wildman–Crippen LogP) is 3.28. The molecule has 1 fully saturated rings. The first-order chi connectivity index (χ1) is 16.6. The van der Waals surface area contributed by atoms with Crippen molar-refractivity contribution in [2.75, 3.05) is 45.4 Å². The molecule has 10 heteroatoms. The average Bonchev–Trinajstić information content (AvgIpc) is 3.28. The number of rotatable bonds is 7. The maximum absolute atomic E-state index is 9.29. The van der Waals surface area contributed by atoms with Crippen molar-refractivity contribution in [1.82, 2.24) is 14.5 Å². The van der Waals surface area contributed by atoms with E-state index in [2.05, 4.69) is 9.47 Å². The van der Waals surface area contributed by atoms with E-state index in [0.29, 0.717) is 31.3 Å². The lowest BCUT2D eigenvalue weighted by Gasteiger charge is -2.28. The quantitative estimate of drug-likeness (QED) is 0.387. The van der Waals surface area contributed by atoms with Crippen LogP contribution in [0.2, 0.25) is 0 Å². The van der Waals surface area contributed by atoms with Gasteiger partial charge in [0.1, 0.15) is 5.52 Å². The van der Waals surface area contributed by atoms with Crippen LogP contribution in [0.1, 0.15) is 11.1 Å². The van der Waals surface area contributed by atoms with Crippen molar-refractivity contribution >= 4 is 36.1 Å². The largest absolute Gasteiger partial charge is 0.493 e. The molecule has 2 N–H and O–H groups in total. The van der Waals surface area contributed by atoms with Gasteiger partial charge in [-0.1, -0.05) is 24.3 Å². The van der Waals surface area contributed by atoms with Crippen LogP contribution in [-0.2, 0) is 17.4 Å². The van der Waals surface area contributed by atoms with Crippen molar-refractivity contribution in [2.24, 2.45) is 0 Å². The molecule has 0 radical (unpaired) electrons. The third-order valence-corrected chi connectivity index (χ3v) is 6.69. The van der Waals surface area contributed by atoms with E-state index in [-0.39, 0.29) is 6.16 Å². The van der Waals surface area contributed by atoms with Crippen molar-refractivity contribution in [3.05, 3.63) is 53.9 Å². The molecule has 34 heavy (non-hydrogen) atoms. The summed E-state index contributed by atoms with van der Waals surface area (Å²) in [6.07, 6.45) is 2.12. The van der Waals surface area contributed by atoms with Gasteiger partial charge in [0, 0.05) is 37.2 Å². The first kappa shape index (κ1) is 22.8. The third kappa shape index (κ3) is 4.40. The highest BCUT2D eigenvalue weighted by Gasteiger charge is 2.22. The van der Waals surface area contributed by atoms with Crippen LogP contribution in [0.3, 0.4) is 0 Å². The number of nitrogens with zero attached hydrogens (tertiary/aromatic N) is 4. The Labute approximate surface area is 198 Å². The second-order valence-corrected chi connectivity index (χ2v) is 9.24. The average molecular weight is 482 g/mol. The van der Waals surface area contributed by atoms with Crippen LogP contribution in [0.5, 0.6) is 11.5 Å². The van der Waals surface area contributed by atoms with E-state index in [0.717, 1.165) is 52.0 Å². The van der Waals surface area contributed by atoms with Gasteiger partial charge in [0.05, 0.1) is 44.8 Å². The topological polar surface area (TPSA) is 102 Å². The van der Waals surface area contributed by atoms with Crippen molar-refractivity contribution in [1.29, 1.82) is 0 Å². The number of hydrogen-bond donors (Lipinski definition) is 2. The molecule has 4 aromatic rings. The molecule has 3 heterocycles. The Kier molecular flexibility index (Phi) is 6.52. The Morgan fingerprint density at radius 1 is 1.00 bits per heavy atom. The monoisotopic (exact) mass is 482 g/mol. The Morgan fingerprint density at radius 3 is 2.35 bits per heavy atom. The maximum atomic E-state index is 9.29. The van der Waals surface area contributed by atoms with Crippen LogP contribution < -0.4 is 14.4 Å². The number of pyridine rings is 1. The molecule has 2 aromatic carbocycles. The second kappa shape index (κ2) is 9.72. The number of methoxy groups -OCH3 is 2. The Bertz CT molecular complexity index is 1300. The summed E-state index contributed by atoms with van der Waals surface area (Å²) in [5, 5.41) is 0.935. The summed E-state index contributed by atoms with van der Waals surface area (Å²) < 4.78 is 18.8. The number of aromatic nitrogens is 3. The lowest BCUT2D eigenvalue weighted by molar-refractivity contribution is 0.122. The van der Waals surface area contributed by atoms with Crippen LogP contribution >= 0.6 is 8.38 Å². The van der Waals surface area contributed by atoms with Gasteiger partial charge in [-0.05, 0) is 17.2 Å². The molecule has 0 aliphatic carbocycles. The standard InChI is InChI=1S/C24H27N4O5P/c1-31-20-11-18-19(12-21(20)32-2)26-24(27-7-9-33-10-8-27)22-23(18)28(15-25-22)13-16-3-5-17(6-4-16)14-34(29)30/h3-6,11-12,15,29-30H,7-10,13-14H2,1-2H3. The van der Waals surface area contributed by atoms with Crippen LogP contribution in [0.15, 0.2) is 42.7 Å². The van der Waals surface area contributed by atoms with Gasteiger partial charge in [-0.3, -0.25) is 0 Å². The van der Waals surface area contributed by atoms with Crippen molar-refractivity contribution in [3.63, 3.8) is 0 Å². The Balaban J connectivity index is 1.64. The van der Waals surface area contributed by atoms with Crippen LogP contribution in [-0.4, -0.2) is 64.8 Å². The molecule has 0 bridgehead atoms. The van der Waals surface area contributed by atoms with Gasteiger partial charge in [-0.15, -0.1) is 0 Å². The first-order valence-electron chi connectivity index (χ1n) is 11.0. The summed E-state index contributed by atoms with van der Waals surface area (Å²) in [6.45, 7) is 3.44. The smallest absolute Gasteiger partial charge is 0.169 e. The van der Waals surface area contributed by atoms with Crippen LogP contribution in [0, 0.1) is 0 Å². The van der Waals surface area contributed by atoms with Gasteiger partial charge in [-0.25, -0.2) is 9.97 Å². The van der Waals surface area contributed by atoms with Gasteiger partial charge < -0.3 is 33.5 Å². The normalized spacial score (nSPS) is 14.3. The zero-order chi connectivity index (χ0) is 23.7. The number of anilines is 1. The van der Waals surface area contributed by atoms with Gasteiger partial charge in [-0.2, -0.15) is 0 Å². The molecule has 178 valence electrons. The molecular weight excluding hydrogens is 455 g/mol. The fourth-order valence-electron chi connectivity index (χ4n) is 4.37. The van der Waals surface area contributed by atoms with E-state index in [9.17, 15) is 9.79 Å². The lowest BCUT2D eigenvalue weighted by atomic mass is 10.1. The fourth-order valence-corrected chi connectivity index (χ4v) is 4.91. The number of ether oxygens (including phenoxy) is 3. The number of imidazole rings is 1. The molecule has 1 saturated heterocycles. The minimum absolute atomic E-state index is 0.268. The molecule has 1 aliphatic heterocycles. The molecule has 1 aliphatic rings. The van der Waals surface area contributed by atoms with Gasteiger partial charge >= 0.3 is 0 Å². The number of morpholine rings is 1. The van der Waals surface area contributed by atoms with E-state index >= 15 is 0 Å². The zero-order valence-corrected chi connectivity index (χ0v) is 20.0. The highest BCUT2D eigenvalue weighted by atomic mass is 31.2. The van der Waals surface area contributed by atoms with E-state index in [1.807, 2.05) is 42.7 Å². The predicted molar refractivity (Wildman–Crippen MR) is 132 cm³/mol. The summed E-state index contributed by atoms with van der Waals surface area (Å²) in [7, 11) is 1.30. The molecule has 0 atom stereocenters. The molecule has 0 amide bonds.